The van der Waals surface area contributed by atoms with Gasteiger partial charge in [-0.15, -0.1) is 0 Å². The normalized spacial score (nSPS) is 26.8. The second-order valence-corrected chi connectivity index (χ2v) is 5.04. The summed E-state index contributed by atoms with van der Waals surface area (Å²) in [6.45, 7) is 5.23. The Bertz CT molecular complexity index is 157. The number of hydrogen-bond donors (Lipinski definition) is 2. The molecule has 1 aliphatic rings. The van der Waals surface area contributed by atoms with Crippen LogP contribution in [0.1, 0.15) is 46.0 Å². The quantitative estimate of drug-likeness (QED) is 0.705. The molecule has 1 rings (SSSR count). The molecule has 0 spiro atoms. The minimum Gasteiger partial charge on any atom is -0.396 e. The lowest BCUT2D eigenvalue weighted by Gasteiger charge is -2.47. The fraction of sp³-hybridized carbons (Fsp3) is 1.00. The van der Waals surface area contributed by atoms with Crippen LogP contribution < -0.4 is 5.73 Å². The Morgan fingerprint density at radius 2 is 1.85 bits per heavy atom. The summed E-state index contributed by atoms with van der Waals surface area (Å²) in [6, 6.07) is 0. The smallest absolute Gasteiger partial charge is 0.0502 e. The lowest BCUT2D eigenvalue weighted by Crippen LogP contribution is -2.47. The first-order chi connectivity index (χ1) is 6.08. The summed E-state index contributed by atoms with van der Waals surface area (Å²) in [6.07, 6.45) is 6.39. The van der Waals surface area contributed by atoms with Crippen molar-refractivity contribution in [3.05, 3.63) is 0 Å². The van der Waals surface area contributed by atoms with Crippen LogP contribution in [-0.2, 0) is 0 Å². The highest BCUT2D eigenvalue weighted by Gasteiger charge is 2.43. The Balaban J connectivity index is 2.74. The molecule has 2 heteroatoms. The molecule has 1 fully saturated rings. The number of aliphatic hydroxyl groups excluding tert-OH is 1. The Hall–Kier alpha value is -0.0800. The highest BCUT2D eigenvalue weighted by atomic mass is 16.3. The van der Waals surface area contributed by atoms with E-state index in [4.69, 9.17) is 5.73 Å². The number of nitrogens with two attached hydrogens (primary N) is 1. The zero-order valence-electron chi connectivity index (χ0n) is 8.97. The number of rotatable bonds is 3. The molecule has 3 N–H and O–H groups in total. The molecule has 1 saturated carbocycles. The molecule has 1 unspecified atom stereocenters. The molecule has 0 radical (unpaired) electrons. The Kier molecular flexibility index (Phi) is 3.36. The molecule has 0 amide bonds. The molecule has 0 aliphatic heterocycles. The van der Waals surface area contributed by atoms with Crippen LogP contribution in [0.3, 0.4) is 0 Å². The molecule has 1 atom stereocenters. The summed E-state index contributed by atoms with van der Waals surface area (Å²) in [5.74, 6) is 0. The van der Waals surface area contributed by atoms with E-state index in [1.807, 2.05) is 0 Å². The molecule has 0 aromatic rings. The van der Waals surface area contributed by atoms with E-state index >= 15 is 0 Å². The summed E-state index contributed by atoms with van der Waals surface area (Å²) >= 11 is 0. The molecule has 0 bridgehead atoms. The van der Waals surface area contributed by atoms with Crippen molar-refractivity contribution in [1.29, 1.82) is 0 Å². The van der Waals surface area contributed by atoms with Crippen molar-refractivity contribution in [3.63, 3.8) is 0 Å². The highest BCUT2D eigenvalue weighted by Crippen LogP contribution is 2.48. The molecule has 1 aliphatic carbocycles. The van der Waals surface area contributed by atoms with Crippen LogP contribution in [0, 0.1) is 10.8 Å². The predicted octanol–water partition coefficient (Wildman–Crippen LogP) is 1.91. The van der Waals surface area contributed by atoms with Gasteiger partial charge in [0.25, 0.3) is 0 Å². The van der Waals surface area contributed by atoms with Gasteiger partial charge in [-0.3, -0.25) is 0 Å². The van der Waals surface area contributed by atoms with Crippen molar-refractivity contribution in [1.82, 2.24) is 0 Å². The van der Waals surface area contributed by atoms with Crippen LogP contribution in [0.4, 0.5) is 0 Å². The first kappa shape index (κ1) is 11.0. The Morgan fingerprint density at radius 3 is 2.23 bits per heavy atom. The first-order valence-electron chi connectivity index (χ1n) is 5.39. The van der Waals surface area contributed by atoms with E-state index in [-0.39, 0.29) is 17.4 Å². The van der Waals surface area contributed by atoms with Gasteiger partial charge in [0, 0.05) is 12.0 Å². The summed E-state index contributed by atoms with van der Waals surface area (Å²) in [5, 5.41) is 9.42. The van der Waals surface area contributed by atoms with Crippen LogP contribution >= 0.6 is 0 Å². The third-order valence-electron chi connectivity index (χ3n) is 4.21. The maximum Gasteiger partial charge on any atom is 0.0502 e. The number of aliphatic hydroxyl groups is 1. The van der Waals surface area contributed by atoms with Gasteiger partial charge < -0.3 is 10.8 Å². The Labute approximate surface area is 81.5 Å². The van der Waals surface area contributed by atoms with Gasteiger partial charge >= 0.3 is 0 Å². The number of hydrogen-bond acceptors (Lipinski definition) is 2. The standard InChI is InChI=1S/C11H23NO/c1-10(6-4-3-5-7-10)11(2,8-12)9-13/h13H,3-9,12H2,1-2H3. The molecule has 78 valence electrons. The van der Waals surface area contributed by atoms with Crippen LogP contribution in [0.2, 0.25) is 0 Å². The zero-order valence-corrected chi connectivity index (χ0v) is 8.97. The second kappa shape index (κ2) is 3.97. The van der Waals surface area contributed by atoms with Gasteiger partial charge in [0.2, 0.25) is 0 Å². The van der Waals surface area contributed by atoms with Gasteiger partial charge in [-0.1, -0.05) is 33.1 Å². The van der Waals surface area contributed by atoms with E-state index in [0.717, 1.165) is 0 Å². The lowest BCUT2D eigenvalue weighted by molar-refractivity contribution is -0.0124. The van der Waals surface area contributed by atoms with Crippen molar-refractivity contribution < 1.29 is 5.11 Å². The minimum atomic E-state index is -0.0760. The molecule has 0 aromatic heterocycles. The first-order valence-corrected chi connectivity index (χ1v) is 5.39. The topological polar surface area (TPSA) is 46.2 Å². The van der Waals surface area contributed by atoms with E-state index in [2.05, 4.69) is 13.8 Å². The summed E-state index contributed by atoms with van der Waals surface area (Å²) in [4.78, 5) is 0. The Morgan fingerprint density at radius 1 is 1.31 bits per heavy atom. The fourth-order valence-electron chi connectivity index (χ4n) is 2.44. The molecule has 13 heavy (non-hydrogen) atoms. The van der Waals surface area contributed by atoms with Crippen LogP contribution in [0.25, 0.3) is 0 Å². The van der Waals surface area contributed by atoms with Crippen molar-refractivity contribution >= 4 is 0 Å². The van der Waals surface area contributed by atoms with Crippen molar-refractivity contribution in [2.45, 2.75) is 46.0 Å². The van der Waals surface area contributed by atoms with Crippen LogP contribution in [0.15, 0.2) is 0 Å². The van der Waals surface area contributed by atoms with Gasteiger partial charge in [0.15, 0.2) is 0 Å². The van der Waals surface area contributed by atoms with Gasteiger partial charge in [0.05, 0.1) is 6.61 Å². The largest absolute Gasteiger partial charge is 0.396 e. The van der Waals surface area contributed by atoms with Gasteiger partial charge in [-0.25, -0.2) is 0 Å². The lowest BCUT2D eigenvalue weighted by atomic mass is 9.59. The minimum absolute atomic E-state index is 0.0760. The molecule has 0 saturated heterocycles. The maximum absolute atomic E-state index is 9.42. The third-order valence-corrected chi connectivity index (χ3v) is 4.21. The highest BCUT2D eigenvalue weighted by molar-refractivity contribution is 4.94. The molecule has 0 aromatic carbocycles. The summed E-state index contributed by atoms with van der Waals surface area (Å²) in [7, 11) is 0. The maximum atomic E-state index is 9.42. The van der Waals surface area contributed by atoms with E-state index in [1.54, 1.807) is 0 Å². The average molecular weight is 185 g/mol. The molecule has 2 nitrogen and oxygen atoms in total. The van der Waals surface area contributed by atoms with E-state index in [0.29, 0.717) is 6.54 Å². The van der Waals surface area contributed by atoms with Crippen LogP contribution in [0.5, 0.6) is 0 Å². The van der Waals surface area contributed by atoms with Crippen molar-refractivity contribution in [2.75, 3.05) is 13.2 Å². The second-order valence-electron chi connectivity index (χ2n) is 5.04. The third kappa shape index (κ3) is 1.89. The van der Waals surface area contributed by atoms with E-state index in [9.17, 15) is 5.11 Å². The molecule has 0 heterocycles. The van der Waals surface area contributed by atoms with Crippen LogP contribution in [-0.4, -0.2) is 18.3 Å². The van der Waals surface area contributed by atoms with E-state index < -0.39 is 0 Å². The summed E-state index contributed by atoms with van der Waals surface area (Å²) in [5.41, 5.74) is 5.96. The van der Waals surface area contributed by atoms with Crippen molar-refractivity contribution in [3.8, 4) is 0 Å². The summed E-state index contributed by atoms with van der Waals surface area (Å²) < 4.78 is 0. The average Bonchev–Trinajstić information content (AvgIpc) is 2.17. The monoisotopic (exact) mass is 185 g/mol. The van der Waals surface area contributed by atoms with Gasteiger partial charge in [0.1, 0.15) is 0 Å². The molecular formula is C11H23NO. The predicted molar refractivity (Wildman–Crippen MR) is 55.4 cm³/mol. The fourth-order valence-corrected chi connectivity index (χ4v) is 2.44. The SMILES string of the molecule is CC(CN)(CO)C1(C)CCCCC1. The van der Waals surface area contributed by atoms with E-state index in [1.165, 1.54) is 32.1 Å². The van der Waals surface area contributed by atoms with Crippen molar-refractivity contribution in [2.24, 2.45) is 16.6 Å². The van der Waals surface area contributed by atoms with Gasteiger partial charge in [-0.2, -0.15) is 0 Å². The molecular weight excluding hydrogens is 162 g/mol. The van der Waals surface area contributed by atoms with Gasteiger partial charge in [-0.05, 0) is 18.3 Å². The zero-order chi connectivity index (χ0) is 9.95.